The van der Waals surface area contributed by atoms with Crippen molar-refractivity contribution in [2.75, 3.05) is 0 Å². The van der Waals surface area contributed by atoms with Crippen LogP contribution in [0.4, 0.5) is 0 Å². The van der Waals surface area contributed by atoms with E-state index in [4.69, 9.17) is 0 Å². The van der Waals surface area contributed by atoms with Crippen molar-refractivity contribution in [1.82, 2.24) is 0 Å². The fourth-order valence-electron chi connectivity index (χ4n) is 2.47. The van der Waals surface area contributed by atoms with Crippen LogP contribution in [-0.2, 0) is 0 Å². The molecule has 2 aromatic carbocycles. The number of benzene rings is 2. The Morgan fingerprint density at radius 1 is 1.00 bits per heavy atom. The standard InChI is InChI=1S/C16H17BrO/c1-10-7-11(2)15(12(3)8-10)16(18)13-5-4-6-14(17)9-13/h4-9,16,18H,1-3H3. The van der Waals surface area contributed by atoms with Crippen molar-refractivity contribution in [3.05, 3.63) is 68.7 Å². The van der Waals surface area contributed by atoms with Crippen LogP contribution in [0.25, 0.3) is 0 Å². The number of hydrogen-bond acceptors (Lipinski definition) is 1. The highest BCUT2D eigenvalue weighted by Gasteiger charge is 2.15. The fourth-order valence-corrected chi connectivity index (χ4v) is 2.88. The summed E-state index contributed by atoms with van der Waals surface area (Å²) in [6.45, 7) is 6.18. The molecule has 0 fully saturated rings. The van der Waals surface area contributed by atoms with Crippen LogP contribution in [-0.4, -0.2) is 5.11 Å². The monoisotopic (exact) mass is 304 g/mol. The van der Waals surface area contributed by atoms with Crippen LogP contribution in [0.3, 0.4) is 0 Å². The first-order valence-corrected chi connectivity index (χ1v) is 6.79. The maximum Gasteiger partial charge on any atom is 0.105 e. The Kier molecular flexibility index (Phi) is 3.88. The summed E-state index contributed by atoms with van der Waals surface area (Å²) in [5.41, 5.74) is 5.44. The van der Waals surface area contributed by atoms with Gasteiger partial charge in [-0.25, -0.2) is 0 Å². The summed E-state index contributed by atoms with van der Waals surface area (Å²) in [5.74, 6) is 0. The van der Waals surface area contributed by atoms with E-state index >= 15 is 0 Å². The second-order valence-corrected chi connectivity index (χ2v) is 5.69. The summed E-state index contributed by atoms with van der Waals surface area (Å²) in [6, 6.07) is 12.1. The van der Waals surface area contributed by atoms with Crippen molar-refractivity contribution >= 4 is 15.9 Å². The molecule has 94 valence electrons. The van der Waals surface area contributed by atoms with Crippen LogP contribution >= 0.6 is 15.9 Å². The molecule has 0 radical (unpaired) electrons. The third-order valence-corrected chi connectivity index (χ3v) is 3.67. The van der Waals surface area contributed by atoms with Gasteiger partial charge < -0.3 is 5.11 Å². The molecule has 0 aromatic heterocycles. The molecule has 0 amide bonds. The molecule has 2 heteroatoms. The van der Waals surface area contributed by atoms with Gasteiger partial charge in [0, 0.05) is 4.47 Å². The third kappa shape index (κ3) is 2.65. The molecule has 0 aliphatic rings. The highest BCUT2D eigenvalue weighted by Crippen LogP contribution is 2.29. The minimum absolute atomic E-state index is 0.567. The average molecular weight is 305 g/mol. The van der Waals surface area contributed by atoms with Crippen molar-refractivity contribution < 1.29 is 5.11 Å². The second-order valence-electron chi connectivity index (χ2n) is 4.77. The largest absolute Gasteiger partial charge is 0.384 e. The average Bonchev–Trinajstić information content (AvgIpc) is 2.27. The van der Waals surface area contributed by atoms with Gasteiger partial charge >= 0.3 is 0 Å². The van der Waals surface area contributed by atoms with Crippen LogP contribution < -0.4 is 0 Å². The van der Waals surface area contributed by atoms with Crippen molar-refractivity contribution in [1.29, 1.82) is 0 Å². The minimum Gasteiger partial charge on any atom is -0.384 e. The van der Waals surface area contributed by atoms with Gasteiger partial charge in [-0.05, 0) is 55.2 Å². The quantitative estimate of drug-likeness (QED) is 0.868. The molecule has 0 aliphatic carbocycles. The molecule has 0 spiro atoms. The summed E-state index contributed by atoms with van der Waals surface area (Å²) in [4.78, 5) is 0. The SMILES string of the molecule is Cc1cc(C)c(C(O)c2cccc(Br)c2)c(C)c1. The van der Waals surface area contributed by atoms with E-state index in [-0.39, 0.29) is 0 Å². The second kappa shape index (κ2) is 5.25. The molecule has 2 rings (SSSR count). The van der Waals surface area contributed by atoms with E-state index in [1.165, 1.54) is 5.56 Å². The first kappa shape index (κ1) is 13.3. The summed E-state index contributed by atoms with van der Waals surface area (Å²) >= 11 is 3.44. The molecule has 0 saturated heterocycles. The summed E-state index contributed by atoms with van der Waals surface area (Å²) < 4.78 is 0.987. The van der Waals surface area contributed by atoms with E-state index in [1.54, 1.807) is 0 Å². The molecule has 0 heterocycles. The van der Waals surface area contributed by atoms with Gasteiger partial charge in [0.05, 0.1) is 0 Å². The highest BCUT2D eigenvalue weighted by molar-refractivity contribution is 9.10. The van der Waals surface area contributed by atoms with Crippen LogP contribution in [0.5, 0.6) is 0 Å². The summed E-state index contributed by atoms with van der Waals surface area (Å²) in [6.07, 6.45) is -0.567. The predicted octanol–water partition coefficient (Wildman–Crippen LogP) is 4.46. The topological polar surface area (TPSA) is 20.2 Å². The minimum atomic E-state index is -0.567. The summed E-state index contributed by atoms with van der Waals surface area (Å²) in [5, 5.41) is 10.5. The van der Waals surface area contributed by atoms with Crippen LogP contribution in [0.2, 0.25) is 0 Å². The van der Waals surface area contributed by atoms with E-state index in [9.17, 15) is 5.11 Å². The normalized spacial score (nSPS) is 12.5. The van der Waals surface area contributed by atoms with Gasteiger partial charge in [0.2, 0.25) is 0 Å². The zero-order valence-electron chi connectivity index (χ0n) is 10.9. The lowest BCUT2D eigenvalue weighted by Crippen LogP contribution is -2.05. The van der Waals surface area contributed by atoms with Crippen molar-refractivity contribution in [3.63, 3.8) is 0 Å². The Bertz CT molecular complexity index is 552. The molecule has 18 heavy (non-hydrogen) atoms. The Morgan fingerprint density at radius 2 is 1.61 bits per heavy atom. The van der Waals surface area contributed by atoms with E-state index < -0.39 is 6.10 Å². The van der Waals surface area contributed by atoms with E-state index in [1.807, 2.05) is 24.3 Å². The van der Waals surface area contributed by atoms with E-state index in [2.05, 4.69) is 48.8 Å². The number of hydrogen-bond donors (Lipinski definition) is 1. The maximum absolute atomic E-state index is 10.5. The molecular weight excluding hydrogens is 288 g/mol. The van der Waals surface area contributed by atoms with Crippen molar-refractivity contribution in [2.24, 2.45) is 0 Å². The molecule has 1 N–H and O–H groups in total. The van der Waals surface area contributed by atoms with Gasteiger partial charge in [-0.3, -0.25) is 0 Å². The molecule has 0 bridgehead atoms. The molecule has 1 unspecified atom stereocenters. The Balaban J connectivity index is 2.49. The third-order valence-electron chi connectivity index (χ3n) is 3.18. The molecule has 2 aromatic rings. The number of aryl methyl sites for hydroxylation is 3. The van der Waals surface area contributed by atoms with Gasteiger partial charge in [0.15, 0.2) is 0 Å². The molecule has 1 atom stereocenters. The van der Waals surface area contributed by atoms with Crippen molar-refractivity contribution in [3.8, 4) is 0 Å². The smallest absolute Gasteiger partial charge is 0.105 e. The fraction of sp³-hybridized carbons (Fsp3) is 0.250. The van der Waals surface area contributed by atoms with Gasteiger partial charge in [-0.15, -0.1) is 0 Å². The van der Waals surface area contributed by atoms with Crippen LogP contribution in [0.1, 0.15) is 33.9 Å². The van der Waals surface area contributed by atoms with Gasteiger partial charge in [0.1, 0.15) is 6.10 Å². The van der Waals surface area contributed by atoms with Gasteiger partial charge in [0.25, 0.3) is 0 Å². The highest BCUT2D eigenvalue weighted by atomic mass is 79.9. The molecule has 1 nitrogen and oxygen atoms in total. The molecule has 0 aliphatic heterocycles. The lowest BCUT2D eigenvalue weighted by molar-refractivity contribution is 0.218. The molecule has 0 saturated carbocycles. The predicted molar refractivity (Wildman–Crippen MR) is 78.9 cm³/mol. The number of aliphatic hydroxyl groups excluding tert-OH is 1. The first-order valence-electron chi connectivity index (χ1n) is 6.00. The number of halogens is 1. The summed E-state index contributed by atoms with van der Waals surface area (Å²) in [7, 11) is 0. The van der Waals surface area contributed by atoms with E-state index in [0.29, 0.717) is 0 Å². The lowest BCUT2D eigenvalue weighted by atomic mass is 9.92. The van der Waals surface area contributed by atoms with Gasteiger partial charge in [-0.1, -0.05) is 45.8 Å². The number of aliphatic hydroxyl groups is 1. The van der Waals surface area contributed by atoms with Crippen LogP contribution in [0, 0.1) is 20.8 Å². The van der Waals surface area contributed by atoms with Crippen molar-refractivity contribution in [2.45, 2.75) is 26.9 Å². The Hall–Kier alpha value is -1.12. The number of rotatable bonds is 2. The van der Waals surface area contributed by atoms with Crippen LogP contribution in [0.15, 0.2) is 40.9 Å². The zero-order valence-corrected chi connectivity index (χ0v) is 12.5. The van der Waals surface area contributed by atoms with E-state index in [0.717, 1.165) is 26.7 Å². The Labute approximate surface area is 117 Å². The first-order chi connectivity index (χ1) is 8.49. The Morgan fingerprint density at radius 3 is 2.17 bits per heavy atom. The van der Waals surface area contributed by atoms with Gasteiger partial charge in [-0.2, -0.15) is 0 Å². The molecular formula is C16H17BrO. The zero-order chi connectivity index (χ0) is 13.3. The lowest BCUT2D eigenvalue weighted by Gasteiger charge is -2.18. The maximum atomic E-state index is 10.5.